The van der Waals surface area contributed by atoms with Crippen LogP contribution in [0.1, 0.15) is 34.8 Å². The van der Waals surface area contributed by atoms with E-state index in [4.69, 9.17) is 31.2 Å². The first-order valence-corrected chi connectivity index (χ1v) is 16.8. The van der Waals surface area contributed by atoms with Gasteiger partial charge in [-0.1, -0.05) is 108 Å². The average Bonchev–Trinajstić information content (AvgIpc) is 3.54. The number of aliphatic hydroxyl groups excluding tert-OH is 1. The van der Waals surface area contributed by atoms with E-state index in [9.17, 15) is 10.3 Å². The summed E-state index contributed by atoms with van der Waals surface area (Å²) in [5.74, 6) is 0.625. The van der Waals surface area contributed by atoms with E-state index < -0.39 is 11.6 Å². The van der Waals surface area contributed by atoms with E-state index in [0.717, 1.165) is 22.3 Å². The van der Waals surface area contributed by atoms with E-state index in [0.29, 0.717) is 59.5 Å². The highest BCUT2D eigenvalue weighted by molar-refractivity contribution is 6.30. The summed E-state index contributed by atoms with van der Waals surface area (Å²) in [5, 5.41) is 16.8. The molecule has 6 rings (SSSR count). The smallest absolute Gasteiger partial charge is 0.252 e. The predicted molar refractivity (Wildman–Crippen MR) is 196 cm³/mol. The summed E-state index contributed by atoms with van der Waals surface area (Å²) in [5.41, 5.74) is 13.5. The van der Waals surface area contributed by atoms with E-state index in [1.54, 1.807) is 12.1 Å². The summed E-state index contributed by atoms with van der Waals surface area (Å²) in [6.07, 6.45) is 0.388. The maximum absolute atomic E-state index is 14.7. The Labute approximate surface area is 295 Å². The number of hydrogen-bond acceptors (Lipinski definition) is 6. The molecular formula is C40H36ClN5O4. The Morgan fingerprint density at radius 1 is 0.900 bits per heavy atom. The zero-order valence-corrected chi connectivity index (χ0v) is 28.0. The van der Waals surface area contributed by atoms with Gasteiger partial charge in [-0.05, 0) is 76.2 Å². The highest BCUT2D eigenvalue weighted by Crippen LogP contribution is 2.44. The number of amides is 1. The van der Waals surface area contributed by atoms with Gasteiger partial charge in [0.05, 0.1) is 6.61 Å². The van der Waals surface area contributed by atoms with Gasteiger partial charge in [-0.2, -0.15) is 0 Å². The third-order valence-corrected chi connectivity index (χ3v) is 8.82. The fourth-order valence-corrected chi connectivity index (χ4v) is 6.11. The molecule has 1 aliphatic heterocycles. The van der Waals surface area contributed by atoms with Gasteiger partial charge in [-0.15, -0.1) is 0 Å². The number of carbonyl (C=O) groups excluding carboxylic acids is 1. The molecule has 1 heterocycles. The van der Waals surface area contributed by atoms with Crippen molar-refractivity contribution >= 4 is 29.1 Å². The molecular weight excluding hydrogens is 650 g/mol. The van der Waals surface area contributed by atoms with Gasteiger partial charge in [0.25, 0.3) is 5.91 Å². The second-order valence-electron chi connectivity index (χ2n) is 11.9. The molecule has 0 aromatic heterocycles. The van der Waals surface area contributed by atoms with Crippen molar-refractivity contribution in [3.05, 3.63) is 165 Å². The van der Waals surface area contributed by atoms with Crippen molar-refractivity contribution in [3.63, 3.8) is 0 Å². The summed E-state index contributed by atoms with van der Waals surface area (Å²) >= 11 is 6.09. The van der Waals surface area contributed by atoms with Gasteiger partial charge in [0.2, 0.25) is 5.90 Å². The zero-order valence-electron chi connectivity index (χ0n) is 27.3. The molecule has 0 saturated carbocycles. The van der Waals surface area contributed by atoms with Gasteiger partial charge >= 0.3 is 0 Å². The number of rotatable bonds is 14. The van der Waals surface area contributed by atoms with E-state index >= 15 is 0 Å². The summed E-state index contributed by atoms with van der Waals surface area (Å²) in [4.78, 5) is 22.8. The molecule has 0 aliphatic carbocycles. The Morgan fingerprint density at radius 2 is 1.58 bits per heavy atom. The van der Waals surface area contributed by atoms with Crippen molar-refractivity contribution in [1.29, 1.82) is 0 Å². The molecule has 0 unspecified atom stereocenters. The first-order valence-electron chi connectivity index (χ1n) is 16.4. The lowest BCUT2D eigenvalue weighted by Gasteiger charge is -2.31. The summed E-state index contributed by atoms with van der Waals surface area (Å²) < 4.78 is 12.4. The van der Waals surface area contributed by atoms with Crippen LogP contribution in [-0.4, -0.2) is 42.2 Å². The second kappa shape index (κ2) is 16.2. The number of aliphatic imine (C=N–C) groups is 1. The Morgan fingerprint density at radius 3 is 2.30 bits per heavy atom. The third-order valence-electron chi connectivity index (χ3n) is 8.57. The molecule has 0 spiro atoms. The monoisotopic (exact) mass is 685 g/mol. The lowest BCUT2D eigenvalue weighted by molar-refractivity contribution is -0.128. The molecule has 5 aromatic carbocycles. The number of carbonyl (C=O) groups is 1. The Kier molecular flexibility index (Phi) is 11.1. The highest BCUT2D eigenvalue weighted by atomic mass is 35.5. The fraction of sp³-hybridized carbons (Fsp3) is 0.200. The van der Waals surface area contributed by atoms with Crippen LogP contribution in [0.4, 0.5) is 5.69 Å². The van der Waals surface area contributed by atoms with Gasteiger partial charge in [-0.3, -0.25) is 4.79 Å². The van der Waals surface area contributed by atoms with E-state index in [1.165, 1.54) is 0 Å². The fourth-order valence-electron chi connectivity index (χ4n) is 5.98. The summed E-state index contributed by atoms with van der Waals surface area (Å²) in [6, 6.07) is 40.0. The highest BCUT2D eigenvalue weighted by Gasteiger charge is 2.53. The van der Waals surface area contributed by atoms with Crippen LogP contribution in [0.3, 0.4) is 0 Å². The Hall–Kier alpha value is -5.60. The topological polar surface area (TPSA) is 129 Å². The molecule has 50 heavy (non-hydrogen) atoms. The lowest BCUT2D eigenvalue weighted by atomic mass is 9.81. The molecule has 10 heteroatoms. The van der Waals surface area contributed by atoms with Gasteiger partial charge in [-0.25, -0.2) is 4.99 Å². The molecule has 5 aromatic rings. The van der Waals surface area contributed by atoms with Crippen molar-refractivity contribution in [2.24, 2.45) is 10.1 Å². The molecule has 0 saturated heterocycles. The Bertz CT molecular complexity index is 1980. The molecule has 2 atom stereocenters. The van der Waals surface area contributed by atoms with Crippen LogP contribution >= 0.6 is 11.6 Å². The van der Waals surface area contributed by atoms with Gasteiger partial charge in [0.15, 0.2) is 11.6 Å². The van der Waals surface area contributed by atoms with Crippen LogP contribution in [0, 0.1) is 0 Å². The average molecular weight is 686 g/mol. The van der Waals surface area contributed by atoms with E-state index in [-0.39, 0.29) is 18.9 Å². The van der Waals surface area contributed by atoms with Crippen LogP contribution in [0.5, 0.6) is 5.75 Å². The number of hydrogen-bond donors (Lipinski definition) is 2. The van der Waals surface area contributed by atoms with Crippen molar-refractivity contribution in [3.8, 4) is 16.9 Å². The third kappa shape index (κ3) is 7.98. The SMILES string of the molecule is [N-]=[N+]=Nc1ccccc1C[C@@]1(C(=O)NCCc2ccc(Cl)cc2)N=C(c2ccc(OCCCO)cc2)O[C@@H]1c1ccc(-c2ccccc2)cc1. The zero-order chi connectivity index (χ0) is 34.8. The normalized spacial score (nSPS) is 16.5. The molecule has 1 aliphatic rings. The molecule has 1 amide bonds. The molecule has 0 radical (unpaired) electrons. The molecule has 0 bridgehead atoms. The maximum Gasteiger partial charge on any atom is 0.252 e. The van der Waals surface area contributed by atoms with Gasteiger partial charge in [0.1, 0.15) is 5.75 Å². The molecule has 2 N–H and O–H groups in total. The largest absolute Gasteiger partial charge is 0.494 e. The minimum absolute atomic E-state index is 0.0447. The minimum atomic E-state index is -1.47. The number of nitrogens with zero attached hydrogens (tertiary/aromatic N) is 4. The van der Waals surface area contributed by atoms with Gasteiger partial charge < -0.3 is 19.9 Å². The number of halogens is 1. The predicted octanol–water partition coefficient (Wildman–Crippen LogP) is 8.57. The Balaban J connectivity index is 1.41. The van der Waals surface area contributed by atoms with Crippen LogP contribution in [0.25, 0.3) is 21.6 Å². The van der Waals surface area contributed by atoms with Crippen LogP contribution in [0.2, 0.25) is 5.02 Å². The van der Waals surface area contributed by atoms with Crippen molar-refractivity contribution < 1.29 is 19.4 Å². The summed E-state index contributed by atoms with van der Waals surface area (Å²) in [6.45, 7) is 0.784. The molecule has 252 valence electrons. The number of aliphatic hydroxyl groups is 1. The maximum atomic E-state index is 14.7. The van der Waals surface area contributed by atoms with Crippen LogP contribution in [-0.2, 0) is 22.4 Å². The number of ether oxygens (including phenoxy) is 2. The van der Waals surface area contributed by atoms with E-state index in [1.807, 2.05) is 115 Å². The van der Waals surface area contributed by atoms with E-state index in [2.05, 4.69) is 15.3 Å². The standard InChI is InChI=1S/C40H36ClN5O4/c41-34-19-11-28(12-20-34)23-24-43-39(48)40(27-33-9-4-5-10-36(33)45-46-42)37(31-15-13-30(14-16-31)29-7-2-1-3-8-29)50-38(44-40)32-17-21-35(22-18-32)49-26-6-25-47/h1-5,7-22,37,47H,6,23-27H2,(H,43,48)/t37-,40-/m1/s1. The molecule has 0 fully saturated rings. The first-order chi connectivity index (χ1) is 24.5. The second-order valence-corrected chi connectivity index (χ2v) is 12.3. The van der Waals surface area contributed by atoms with Crippen molar-refractivity contribution in [2.75, 3.05) is 19.8 Å². The van der Waals surface area contributed by atoms with Crippen molar-refractivity contribution in [1.82, 2.24) is 5.32 Å². The first kappa shape index (κ1) is 34.3. The summed E-state index contributed by atoms with van der Waals surface area (Å²) in [7, 11) is 0. The van der Waals surface area contributed by atoms with Crippen LogP contribution < -0.4 is 10.1 Å². The minimum Gasteiger partial charge on any atom is -0.494 e. The van der Waals surface area contributed by atoms with Crippen LogP contribution in [0.15, 0.2) is 138 Å². The number of benzene rings is 5. The number of azide groups is 1. The van der Waals surface area contributed by atoms with Gasteiger partial charge in [0, 0.05) is 47.2 Å². The number of nitrogens with one attached hydrogen (secondary N) is 1. The van der Waals surface area contributed by atoms with Crippen molar-refractivity contribution in [2.45, 2.75) is 30.9 Å². The quantitative estimate of drug-likeness (QED) is 0.0525. The lowest BCUT2D eigenvalue weighted by Crippen LogP contribution is -2.50. The molecule has 9 nitrogen and oxygen atoms in total.